The molecule has 0 bridgehead atoms. The predicted molar refractivity (Wildman–Crippen MR) is 56.5 cm³/mol. The fraction of sp³-hybridized carbons (Fsp3) is 0.364. The predicted octanol–water partition coefficient (Wildman–Crippen LogP) is 2.42. The minimum atomic E-state index is -1.01. The van der Waals surface area contributed by atoms with Gasteiger partial charge in [-0.05, 0) is 24.6 Å². The molecule has 1 aromatic carbocycles. The van der Waals surface area contributed by atoms with Crippen molar-refractivity contribution in [2.24, 2.45) is 0 Å². The molecule has 1 atom stereocenters. The molecule has 1 aliphatic heterocycles. The van der Waals surface area contributed by atoms with Gasteiger partial charge in [-0.3, -0.25) is 4.79 Å². The first kappa shape index (κ1) is 11.3. The van der Waals surface area contributed by atoms with Gasteiger partial charge < -0.3 is 4.90 Å². The maximum Gasteiger partial charge on any atom is 0.254 e. The Labute approximate surface area is 96.8 Å². The number of carbonyl (C=O) groups is 1. The Morgan fingerprint density at radius 1 is 1.38 bits per heavy atom. The summed E-state index contributed by atoms with van der Waals surface area (Å²) in [6.45, 7) is 1.02. The second-order valence-electron chi connectivity index (χ2n) is 3.77. The highest BCUT2D eigenvalue weighted by molar-refractivity contribution is 6.21. The molecule has 1 saturated heterocycles. The SMILES string of the molecule is O=C(c1ccc(F)c(F)c1)N1CCC(Cl)C1. The zero-order chi connectivity index (χ0) is 11.7. The van der Waals surface area contributed by atoms with Crippen LogP contribution in [0.25, 0.3) is 0 Å². The highest BCUT2D eigenvalue weighted by Gasteiger charge is 2.25. The van der Waals surface area contributed by atoms with Gasteiger partial charge in [0.15, 0.2) is 11.6 Å². The molecule has 1 aliphatic rings. The molecule has 2 rings (SSSR count). The molecule has 1 amide bonds. The van der Waals surface area contributed by atoms with Crippen molar-refractivity contribution in [3.63, 3.8) is 0 Å². The van der Waals surface area contributed by atoms with Gasteiger partial charge in [0.25, 0.3) is 5.91 Å². The first-order valence-electron chi connectivity index (χ1n) is 4.96. The van der Waals surface area contributed by atoms with Crippen LogP contribution >= 0.6 is 11.6 Å². The van der Waals surface area contributed by atoms with Gasteiger partial charge in [0, 0.05) is 18.7 Å². The van der Waals surface area contributed by atoms with E-state index in [9.17, 15) is 13.6 Å². The molecular weight excluding hydrogens is 236 g/mol. The van der Waals surface area contributed by atoms with Crippen LogP contribution in [0.1, 0.15) is 16.8 Å². The van der Waals surface area contributed by atoms with Gasteiger partial charge in [-0.1, -0.05) is 0 Å². The molecule has 16 heavy (non-hydrogen) atoms. The Bertz CT molecular complexity index is 424. The lowest BCUT2D eigenvalue weighted by atomic mass is 10.2. The lowest BCUT2D eigenvalue weighted by molar-refractivity contribution is 0.0792. The molecule has 0 radical (unpaired) electrons. The van der Waals surface area contributed by atoms with Crippen LogP contribution in [0.3, 0.4) is 0 Å². The standard InChI is InChI=1S/C11H10ClF2NO/c12-8-3-4-15(6-8)11(16)7-1-2-9(13)10(14)5-7/h1-2,5,8H,3-4,6H2. The molecule has 5 heteroatoms. The van der Waals surface area contributed by atoms with Crippen molar-refractivity contribution in [3.05, 3.63) is 35.4 Å². The third-order valence-electron chi connectivity index (χ3n) is 2.58. The van der Waals surface area contributed by atoms with Crippen molar-refractivity contribution in [1.29, 1.82) is 0 Å². The van der Waals surface area contributed by atoms with Crippen LogP contribution in [0.2, 0.25) is 0 Å². The first-order chi connectivity index (χ1) is 7.58. The van der Waals surface area contributed by atoms with Crippen LogP contribution in [-0.4, -0.2) is 29.3 Å². The van der Waals surface area contributed by atoms with Gasteiger partial charge in [-0.25, -0.2) is 8.78 Å². The smallest absolute Gasteiger partial charge is 0.254 e. The third-order valence-corrected chi connectivity index (χ3v) is 2.94. The number of carbonyl (C=O) groups excluding carboxylic acids is 1. The fourth-order valence-electron chi connectivity index (χ4n) is 1.71. The highest BCUT2D eigenvalue weighted by Crippen LogP contribution is 2.18. The summed E-state index contributed by atoms with van der Waals surface area (Å²) in [6, 6.07) is 3.15. The monoisotopic (exact) mass is 245 g/mol. The second kappa shape index (κ2) is 4.37. The summed E-state index contributed by atoms with van der Waals surface area (Å²) in [6.07, 6.45) is 0.733. The zero-order valence-corrected chi connectivity index (χ0v) is 9.18. The molecule has 1 unspecified atom stereocenters. The second-order valence-corrected chi connectivity index (χ2v) is 4.38. The van der Waals surface area contributed by atoms with Gasteiger partial charge >= 0.3 is 0 Å². The number of alkyl halides is 1. The van der Waals surface area contributed by atoms with Crippen LogP contribution in [-0.2, 0) is 0 Å². The highest BCUT2D eigenvalue weighted by atomic mass is 35.5. The molecule has 1 fully saturated rings. The number of likely N-dealkylation sites (tertiary alicyclic amines) is 1. The van der Waals surface area contributed by atoms with E-state index in [2.05, 4.69) is 0 Å². The van der Waals surface area contributed by atoms with Gasteiger partial charge in [0.1, 0.15) is 0 Å². The van der Waals surface area contributed by atoms with Crippen molar-refractivity contribution in [3.8, 4) is 0 Å². The van der Waals surface area contributed by atoms with Crippen LogP contribution < -0.4 is 0 Å². The Balaban J connectivity index is 2.18. The van der Waals surface area contributed by atoms with Gasteiger partial charge in [-0.15, -0.1) is 11.6 Å². The Hall–Kier alpha value is -1.16. The van der Waals surface area contributed by atoms with Gasteiger partial charge in [-0.2, -0.15) is 0 Å². The number of benzene rings is 1. The summed E-state index contributed by atoms with van der Waals surface area (Å²) in [5.74, 6) is -2.26. The van der Waals surface area contributed by atoms with Crippen LogP contribution in [0.5, 0.6) is 0 Å². The molecule has 1 aromatic rings. The fourth-order valence-corrected chi connectivity index (χ4v) is 1.98. The summed E-state index contributed by atoms with van der Waals surface area (Å²) < 4.78 is 25.6. The molecule has 1 heterocycles. The molecular formula is C11H10ClF2NO. The van der Waals surface area contributed by atoms with Crippen molar-refractivity contribution in [2.75, 3.05) is 13.1 Å². The van der Waals surface area contributed by atoms with E-state index in [0.717, 1.165) is 18.6 Å². The summed E-state index contributed by atoms with van der Waals surface area (Å²) >= 11 is 5.87. The summed E-state index contributed by atoms with van der Waals surface area (Å²) in [4.78, 5) is 13.4. The molecule has 2 nitrogen and oxygen atoms in total. The van der Waals surface area contributed by atoms with Crippen LogP contribution in [0, 0.1) is 11.6 Å². The average Bonchev–Trinajstić information content (AvgIpc) is 2.68. The molecule has 0 saturated carbocycles. The molecule has 0 aliphatic carbocycles. The van der Waals surface area contributed by atoms with E-state index in [4.69, 9.17) is 11.6 Å². The van der Waals surface area contributed by atoms with E-state index >= 15 is 0 Å². The maximum atomic E-state index is 12.9. The summed E-state index contributed by atoms with van der Waals surface area (Å²) in [5, 5.41) is -0.0470. The molecule has 0 N–H and O–H groups in total. The maximum absolute atomic E-state index is 12.9. The van der Waals surface area contributed by atoms with Crippen LogP contribution in [0.15, 0.2) is 18.2 Å². The third kappa shape index (κ3) is 2.16. The molecule has 0 spiro atoms. The molecule has 0 aromatic heterocycles. The largest absolute Gasteiger partial charge is 0.337 e. The number of amides is 1. The lowest BCUT2D eigenvalue weighted by Crippen LogP contribution is -2.28. The van der Waals surface area contributed by atoms with Gasteiger partial charge in [0.2, 0.25) is 0 Å². The van der Waals surface area contributed by atoms with E-state index in [1.807, 2.05) is 0 Å². The number of rotatable bonds is 1. The lowest BCUT2D eigenvalue weighted by Gasteiger charge is -2.15. The Morgan fingerprint density at radius 2 is 2.12 bits per heavy atom. The van der Waals surface area contributed by atoms with E-state index in [1.165, 1.54) is 6.07 Å². The Kier molecular flexibility index (Phi) is 3.10. The zero-order valence-electron chi connectivity index (χ0n) is 8.42. The van der Waals surface area contributed by atoms with Crippen LogP contribution in [0.4, 0.5) is 8.78 Å². The topological polar surface area (TPSA) is 20.3 Å². The quantitative estimate of drug-likeness (QED) is 0.696. The number of hydrogen-bond donors (Lipinski definition) is 0. The van der Waals surface area contributed by atoms with E-state index in [-0.39, 0.29) is 16.8 Å². The van der Waals surface area contributed by atoms with Gasteiger partial charge in [0.05, 0.1) is 5.38 Å². The summed E-state index contributed by atoms with van der Waals surface area (Å²) in [7, 11) is 0. The first-order valence-corrected chi connectivity index (χ1v) is 5.40. The minimum absolute atomic E-state index is 0.0470. The summed E-state index contributed by atoms with van der Waals surface area (Å²) in [5.41, 5.74) is 0.157. The van der Waals surface area contributed by atoms with E-state index in [0.29, 0.717) is 13.1 Å². The number of halogens is 3. The van der Waals surface area contributed by atoms with Crippen molar-refractivity contribution in [2.45, 2.75) is 11.8 Å². The van der Waals surface area contributed by atoms with E-state index in [1.54, 1.807) is 4.90 Å². The normalized spacial score (nSPS) is 20.2. The number of hydrogen-bond acceptors (Lipinski definition) is 1. The Morgan fingerprint density at radius 3 is 2.69 bits per heavy atom. The van der Waals surface area contributed by atoms with Crippen molar-refractivity contribution in [1.82, 2.24) is 4.90 Å². The molecule has 86 valence electrons. The van der Waals surface area contributed by atoms with E-state index < -0.39 is 11.6 Å². The van der Waals surface area contributed by atoms with Crippen molar-refractivity contribution < 1.29 is 13.6 Å². The number of nitrogens with zero attached hydrogens (tertiary/aromatic N) is 1. The average molecular weight is 246 g/mol. The van der Waals surface area contributed by atoms with Crippen molar-refractivity contribution >= 4 is 17.5 Å². The minimum Gasteiger partial charge on any atom is -0.337 e.